The summed E-state index contributed by atoms with van der Waals surface area (Å²) in [6.07, 6.45) is 1.23. The van der Waals surface area contributed by atoms with E-state index in [0.29, 0.717) is 35.1 Å². The van der Waals surface area contributed by atoms with Gasteiger partial charge in [0.15, 0.2) is 0 Å². The first-order valence-corrected chi connectivity index (χ1v) is 6.78. The molecule has 0 atom stereocenters. The van der Waals surface area contributed by atoms with Crippen LogP contribution >= 0.6 is 15.9 Å². The van der Waals surface area contributed by atoms with Crippen LogP contribution in [0.1, 0.15) is 24.8 Å². The van der Waals surface area contributed by atoms with E-state index in [2.05, 4.69) is 26.6 Å². The minimum absolute atomic E-state index is 0.102. The highest BCUT2D eigenvalue weighted by Crippen LogP contribution is 2.23. The van der Waals surface area contributed by atoms with Gasteiger partial charge in [0.1, 0.15) is 0 Å². The number of rotatable bonds is 6. The Kier molecular flexibility index (Phi) is 6.53. The van der Waals surface area contributed by atoms with Crippen molar-refractivity contribution in [2.24, 2.45) is 0 Å². The molecule has 6 nitrogen and oxygen atoms in total. The highest BCUT2D eigenvalue weighted by atomic mass is 79.9. The van der Waals surface area contributed by atoms with Crippen LogP contribution in [0.15, 0.2) is 22.7 Å². The third-order valence-corrected chi connectivity index (χ3v) is 3.11. The molecule has 1 rings (SSSR count). The van der Waals surface area contributed by atoms with Crippen LogP contribution in [0.3, 0.4) is 0 Å². The van der Waals surface area contributed by atoms with Gasteiger partial charge in [0, 0.05) is 17.4 Å². The predicted molar refractivity (Wildman–Crippen MR) is 77.4 cm³/mol. The van der Waals surface area contributed by atoms with Crippen molar-refractivity contribution in [1.82, 2.24) is 5.32 Å². The summed E-state index contributed by atoms with van der Waals surface area (Å²) in [5.74, 6) is -0.837. The SMILES string of the molecule is N#Cc1ccc(NC(=O)NCCCCC(=O)O)c(Br)c1. The molecule has 0 spiro atoms. The van der Waals surface area contributed by atoms with Gasteiger partial charge in [0.2, 0.25) is 0 Å². The number of amides is 2. The molecule has 0 aromatic heterocycles. The first-order valence-electron chi connectivity index (χ1n) is 5.99. The highest BCUT2D eigenvalue weighted by molar-refractivity contribution is 9.10. The van der Waals surface area contributed by atoms with Gasteiger partial charge in [0.25, 0.3) is 0 Å². The van der Waals surface area contributed by atoms with Crippen molar-refractivity contribution in [2.75, 3.05) is 11.9 Å². The Bertz CT molecular complexity index is 540. The Morgan fingerprint density at radius 3 is 2.70 bits per heavy atom. The van der Waals surface area contributed by atoms with Crippen LogP contribution in [0.25, 0.3) is 0 Å². The van der Waals surface area contributed by atoms with E-state index in [1.54, 1.807) is 18.2 Å². The minimum Gasteiger partial charge on any atom is -0.481 e. The number of unbranched alkanes of at least 4 members (excludes halogenated alkanes) is 1. The molecule has 0 aliphatic carbocycles. The molecule has 106 valence electrons. The Balaban J connectivity index is 2.36. The average Bonchev–Trinajstić information content (AvgIpc) is 2.40. The molecule has 0 saturated carbocycles. The summed E-state index contributed by atoms with van der Waals surface area (Å²) in [4.78, 5) is 21.9. The topological polar surface area (TPSA) is 102 Å². The molecule has 0 fully saturated rings. The van der Waals surface area contributed by atoms with Crippen molar-refractivity contribution in [1.29, 1.82) is 5.26 Å². The Morgan fingerprint density at radius 1 is 1.35 bits per heavy atom. The maximum absolute atomic E-state index is 11.6. The number of benzene rings is 1. The maximum atomic E-state index is 11.6. The van der Waals surface area contributed by atoms with Crippen LogP contribution in [0.5, 0.6) is 0 Å². The molecule has 0 radical (unpaired) electrons. The molecular weight excluding hydrogens is 326 g/mol. The van der Waals surface area contributed by atoms with Crippen LogP contribution in [0.4, 0.5) is 10.5 Å². The monoisotopic (exact) mass is 339 g/mol. The first-order chi connectivity index (χ1) is 9.52. The van der Waals surface area contributed by atoms with Gasteiger partial charge in [-0.25, -0.2) is 4.79 Å². The number of nitrogens with one attached hydrogen (secondary N) is 2. The van der Waals surface area contributed by atoms with Gasteiger partial charge >= 0.3 is 12.0 Å². The number of urea groups is 1. The molecule has 2 amide bonds. The van der Waals surface area contributed by atoms with Gasteiger partial charge < -0.3 is 15.7 Å². The number of halogens is 1. The lowest BCUT2D eigenvalue weighted by molar-refractivity contribution is -0.137. The van der Waals surface area contributed by atoms with E-state index in [1.165, 1.54) is 0 Å². The molecule has 20 heavy (non-hydrogen) atoms. The van der Waals surface area contributed by atoms with E-state index in [4.69, 9.17) is 10.4 Å². The number of carbonyl (C=O) groups excluding carboxylic acids is 1. The number of nitrogens with zero attached hydrogens (tertiary/aromatic N) is 1. The fourth-order valence-electron chi connectivity index (χ4n) is 1.46. The van der Waals surface area contributed by atoms with Crippen molar-refractivity contribution >= 4 is 33.6 Å². The normalized spacial score (nSPS) is 9.60. The summed E-state index contributed by atoms with van der Waals surface area (Å²) < 4.78 is 0.623. The van der Waals surface area contributed by atoms with Crippen molar-refractivity contribution in [3.63, 3.8) is 0 Å². The highest BCUT2D eigenvalue weighted by Gasteiger charge is 2.05. The Morgan fingerprint density at radius 2 is 2.10 bits per heavy atom. The second-order valence-electron chi connectivity index (χ2n) is 4.04. The smallest absolute Gasteiger partial charge is 0.319 e. The molecule has 0 unspecified atom stereocenters. The maximum Gasteiger partial charge on any atom is 0.319 e. The largest absolute Gasteiger partial charge is 0.481 e. The number of hydrogen-bond acceptors (Lipinski definition) is 3. The van der Waals surface area contributed by atoms with Crippen LogP contribution < -0.4 is 10.6 Å². The van der Waals surface area contributed by atoms with Crippen molar-refractivity contribution < 1.29 is 14.7 Å². The molecule has 1 aromatic rings. The number of carboxylic acid groups (broad SMARTS) is 1. The minimum atomic E-state index is -0.837. The fourth-order valence-corrected chi connectivity index (χ4v) is 1.93. The van der Waals surface area contributed by atoms with E-state index < -0.39 is 5.97 Å². The molecule has 0 aliphatic rings. The summed E-state index contributed by atoms with van der Waals surface area (Å²) in [5.41, 5.74) is 1.06. The lowest BCUT2D eigenvalue weighted by atomic mass is 10.2. The van der Waals surface area contributed by atoms with Crippen LogP contribution in [0, 0.1) is 11.3 Å². The summed E-state index contributed by atoms with van der Waals surface area (Å²) in [5, 5.41) is 22.5. The van der Waals surface area contributed by atoms with E-state index in [9.17, 15) is 9.59 Å². The number of anilines is 1. The summed E-state index contributed by atoms with van der Waals surface area (Å²) >= 11 is 3.27. The number of carboxylic acids is 1. The first kappa shape index (κ1) is 16.0. The van der Waals surface area contributed by atoms with E-state index >= 15 is 0 Å². The van der Waals surface area contributed by atoms with Crippen molar-refractivity contribution in [3.05, 3.63) is 28.2 Å². The van der Waals surface area contributed by atoms with Gasteiger partial charge in [-0.15, -0.1) is 0 Å². The zero-order chi connectivity index (χ0) is 15.0. The molecule has 0 heterocycles. The van der Waals surface area contributed by atoms with Gasteiger partial charge in [-0.05, 0) is 47.0 Å². The summed E-state index contributed by atoms with van der Waals surface area (Å²) in [6, 6.07) is 6.48. The molecule has 0 aliphatic heterocycles. The molecule has 0 bridgehead atoms. The second-order valence-corrected chi connectivity index (χ2v) is 4.89. The number of nitriles is 1. The van der Waals surface area contributed by atoms with E-state index in [1.807, 2.05) is 6.07 Å². The molecular formula is C13H14BrN3O3. The van der Waals surface area contributed by atoms with Gasteiger partial charge in [-0.1, -0.05) is 0 Å². The lowest BCUT2D eigenvalue weighted by Crippen LogP contribution is -2.29. The van der Waals surface area contributed by atoms with Crippen molar-refractivity contribution in [3.8, 4) is 6.07 Å². The molecule has 1 aromatic carbocycles. The van der Waals surface area contributed by atoms with E-state index in [-0.39, 0.29) is 12.5 Å². The van der Waals surface area contributed by atoms with Crippen molar-refractivity contribution in [2.45, 2.75) is 19.3 Å². The van der Waals surface area contributed by atoms with Crippen LogP contribution in [-0.2, 0) is 4.79 Å². The Hall–Kier alpha value is -2.07. The quantitative estimate of drug-likeness (QED) is 0.693. The fraction of sp³-hybridized carbons (Fsp3) is 0.308. The standard InChI is InChI=1S/C13H14BrN3O3/c14-10-7-9(8-15)4-5-11(10)17-13(20)16-6-2-1-3-12(18)19/h4-5,7H,1-3,6H2,(H,18,19)(H2,16,17,20). The Labute approximate surface area is 124 Å². The zero-order valence-electron chi connectivity index (χ0n) is 10.6. The van der Waals surface area contributed by atoms with Gasteiger partial charge in [-0.2, -0.15) is 5.26 Å². The number of carbonyl (C=O) groups is 2. The average molecular weight is 340 g/mol. The van der Waals surface area contributed by atoms with E-state index in [0.717, 1.165) is 0 Å². The predicted octanol–water partition coefficient (Wildman–Crippen LogP) is 2.70. The lowest BCUT2D eigenvalue weighted by Gasteiger charge is -2.09. The summed E-state index contributed by atoms with van der Waals surface area (Å²) in [6.45, 7) is 0.410. The summed E-state index contributed by atoms with van der Waals surface area (Å²) in [7, 11) is 0. The third kappa shape index (κ3) is 5.71. The molecule has 0 saturated heterocycles. The second kappa shape index (κ2) is 8.17. The zero-order valence-corrected chi connectivity index (χ0v) is 12.2. The van der Waals surface area contributed by atoms with Gasteiger partial charge in [-0.3, -0.25) is 4.79 Å². The number of aliphatic carboxylic acids is 1. The number of hydrogen-bond donors (Lipinski definition) is 3. The molecule has 7 heteroatoms. The van der Waals surface area contributed by atoms with Crippen LogP contribution in [-0.4, -0.2) is 23.7 Å². The molecule has 3 N–H and O–H groups in total. The van der Waals surface area contributed by atoms with Gasteiger partial charge in [0.05, 0.1) is 17.3 Å². The third-order valence-electron chi connectivity index (χ3n) is 2.45. The van der Waals surface area contributed by atoms with Crippen LogP contribution in [0.2, 0.25) is 0 Å².